The van der Waals surface area contributed by atoms with Crippen LogP contribution in [-0.2, 0) is 27.5 Å². The maximum absolute atomic E-state index is 12.3. The topological polar surface area (TPSA) is 117 Å². The van der Waals surface area contributed by atoms with Gasteiger partial charge in [-0.15, -0.1) is 0 Å². The summed E-state index contributed by atoms with van der Waals surface area (Å²) in [4.78, 5) is 36.0. The van der Waals surface area contributed by atoms with Gasteiger partial charge in [-0.2, -0.15) is 0 Å². The molecule has 2 amide bonds. The fourth-order valence-electron chi connectivity index (χ4n) is 2.83. The molecule has 0 fully saturated rings. The van der Waals surface area contributed by atoms with Crippen molar-refractivity contribution in [1.29, 1.82) is 0 Å². The number of carboxylic acids is 1. The Morgan fingerprint density at radius 1 is 0.879 bits per heavy atom. The summed E-state index contributed by atoms with van der Waals surface area (Å²) in [5, 5.41) is 16.6. The van der Waals surface area contributed by atoms with Crippen LogP contribution in [-0.4, -0.2) is 49.8 Å². The molecule has 0 heterocycles. The molecule has 1 atom stereocenters. The number of hydrogen-bond acceptors (Lipinski definition) is 6. The van der Waals surface area contributed by atoms with Crippen molar-refractivity contribution in [3.8, 4) is 0 Å². The molecule has 0 radical (unpaired) electrons. The van der Waals surface area contributed by atoms with Gasteiger partial charge in [-0.05, 0) is 11.1 Å². The molecule has 0 aliphatic rings. The second-order valence-electron chi connectivity index (χ2n) is 8.22. The van der Waals surface area contributed by atoms with Gasteiger partial charge in [-0.3, -0.25) is 10.6 Å². The molecule has 2 aromatic carbocycles. The fraction of sp³-hybridized carbons (Fsp3) is 0.292. The van der Waals surface area contributed by atoms with E-state index in [-0.39, 0.29) is 29.8 Å². The highest BCUT2D eigenvalue weighted by Gasteiger charge is 2.27. The van der Waals surface area contributed by atoms with Crippen molar-refractivity contribution in [2.75, 3.05) is 21.1 Å². The van der Waals surface area contributed by atoms with Crippen LogP contribution in [0.4, 0.5) is 9.59 Å². The number of hydrogen-bond donors (Lipinski definition) is 2. The Labute approximate surface area is 193 Å². The quantitative estimate of drug-likeness (QED) is 0.529. The van der Waals surface area contributed by atoms with E-state index in [1.54, 1.807) is 33.3 Å². The molecule has 9 heteroatoms. The number of carbonyl (C=O) groups is 3. The molecule has 9 nitrogen and oxygen atoms in total. The molecule has 2 aromatic rings. The van der Waals surface area contributed by atoms with Gasteiger partial charge in [0.1, 0.15) is 19.3 Å². The van der Waals surface area contributed by atoms with Gasteiger partial charge < -0.3 is 23.9 Å². The number of alkyl carbamates (subject to hydrolysis) is 2. The van der Waals surface area contributed by atoms with Crippen LogP contribution >= 0.6 is 0 Å². The zero-order chi connectivity index (χ0) is 24.3. The number of aliphatic carboxylic acids is 1. The zero-order valence-corrected chi connectivity index (χ0v) is 18.9. The summed E-state index contributed by atoms with van der Waals surface area (Å²) in [5.41, 5.74) is 1.73. The monoisotopic (exact) mass is 455 g/mol. The molecule has 0 saturated carbocycles. The number of amides is 2. The lowest BCUT2D eigenvalue weighted by molar-refractivity contribution is -0.889. The Bertz CT molecular complexity index is 955. The minimum absolute atomic E-state index is 0.0335. The van der Waals surface area contributed by atoms with Crippen LogP contribution in [0.5, 0.6) is 0 Å². The molecule has 2 N–H and O–H groups in total. The average molecular weight is 456 g/mol. The number of carboxylic acid groups (broad SMARTS) is 1. The van der Waals surface area contributed by atoms with Crippen LogP contribution in [0.3, 0.4) is 0 Å². The van der Waals surface area contributed by atoms with E-state index in [1.165, 1.54) is 6.20 Å². The predicted molar refractivity (Wildman–Crippen MR) is 119 cm³/mol. The molecule has 0 spiro atoms. The van der Waals surface area contributed by atoms with Crippen LogP contribution in [0.25, 0.3) is 0 Å². The van der Waals surface area contributed by atoms with E-state index in [1.807, 2.05) is 48.5 Å². The van der Waals surface area contributed by atoms with Crippen molar-refractivity contribution in [2.45, 2.75) is 25.7 Å². The molecule has 0 aromatic heterocycles. The summed E-state index contributed by atoms with van der Waals surface area (Å²) < 4.78 is 10.4. The Morgan fingerprint density at radius 3 is 1.82 bits per heavy atom. The molecule has 2 rings (SSSR count). The van der Waals surface area contributed by atoms with E-state index in [4.69, 9.17) is 9.47 Å². The van der Waals surface area contributed by atoms with E-state index in [2.05, 4.69) is 10.6 Å². The molecule has 0 aliphatic carbocycles. The minimum Gasteiger partial charge on any atom is -0.544 e. The van der Waals surface area contributed by atoms with Gasteiger partial charge in [0.25, 0.3) is 0 Å². The maximum atomic E-state index is 12.3. The Hall–Kier alpha value is -3.85. The number of nitrogens with one attached hydrogen (secondary N) is 2. The second-order valence-corrected chi connectivity index (χ2v) is 8.22. The first kappa shape index (κ1) is 25.4. The standard InChI is InChI=1S/C24H29N3O6/c1-27(2,3)21(22(28)29)14-20(26-24(31)33-17-19-12-8-5-9-13-19)15-25-23(30)32-16-18-10-6-4-7-11-18/h4-13,15,21H,14,16-17H2,1-3H3,(H2-,25,26,28,29,30,31)/b20-15-/t21-/m0/s1. The first-order valence-electron chi connectivity index (χ1n) is 10.3. The lowest BCUT2D eigenvalue weighted by Gasteiger charge is -2.35. The highest BCUT2D eigenvalue weighted by atomic mass is 16.6. The second kappa shape index (κ2) is 12.3. The number of nitrogens with zero attached hydrogens (tertiary/aromatic N) is 1. The molecular weight excluding hydrogens is 426 g/mol. The number of carbonyl (C=O) groups excluding carboxylic acids is 3. The van der Waals surface area contributed by atoms with Crippen molar-refractivity contribution in [2.24, 2.45) is 0 Å². The third-order valence-electron chi connectivity index (χ3n) is 4.67. The van der Waals surface area contributed by atoms with Crippen molar-refractivity contribution >= 4 is 18.2 Å². The van der Waals surface area contributed by atoms with Crippen molar-refractivity contribution in [3.63, 3.8) is 0 Å². The highest BCUT2D eigenvalue weighted by Crippen LogP contribution is 2.13. The van der Waals surface area contributed by atoms with E-state index in [0.29, 0.717) is 0 Å². The van der Waals surface area contributed by atoms with Crippen LogP contribution in [0.1, 0.15) is 17.5 Å². The molecule has 0 saturated heterocycles. The Morgan fingerprint density at radius 2 is 1.36 bits per heavy atom. The Balaban J connectivity index is 2.03. The number of ether oxygens (including phenoxy) is 2. The fourth-order valence-corrected chi connectivity index (χ4v) is 2.83. The van der Waals surface area contributed by atoms with Gasteiger partial charge in [-0.25, -0.2) is 9.59 Å². The third kappa shape index (κ3) is 9.44. The average Bonchev–Trinajstić information content (AvgIpc) is 2.78. The molecule has 33 heavy (non-hydrogen) atoms. The molecular formula is C24H29N3O6. The SMILES string of the molecule is C[N+](C)(C)[C@@H](C/C(=C/NC(=O)OCc1ccccc1)NC(=O)OCc1ccccc1)C(=O)[O-]. The molecule has 0 aliphatic heterocycles. The number of rotatable bonds is 10. The largest absolute Gasteiger partial charge is 0.544 e. The minimum atomic E-state index is -1.29. The van der Waals surface area contributed by atoms with E-state index >= 15 is 0 Å². The molecule has 176 valence electrons. The van der Waals surface area contributed by atoms with E-state index < -0.39 is 24.2 Å². The van der Waals surface area contributed by atoms with Gasteiger partial charge in [0.15, 0.2) is 0 Å². The normalized spacial score (nSPS) is 12.4. The van der Waals surface area contributed by atoms with Crippen LogP contribution < -0.4 is 15.7 Å². The van der Waals surface area contributed by atoms with Gasteiger partial charge >= 0.3 is 12.2 Å². The van der Waals surface area contributed by atoms with Gasteiger partial charge in [-0.1, -0.05) is 60.7 Å². The third-order valence-corrected chi connectivity index (χ3v) is 4.67. The molecule has 0 bridgehead atoms. The number of benzene rings is 2. The highest BCUT2D eigenvalue weighted by molar-refractivity contribution is 5.73. The number of likely N-dealkylation sites (N-methyl/N-ethyl adjacent to an activating group) is 1. The summed E-state index contributed by atoms with van der Waals surface area (Å²) in [6.07, 6.45) is -0.470. The molecule has 0 unspecified atom stereocenters. The lowest BCUT2D eigenvalue weighted by atomic mass is 10.1. The smallest absolute Gasteiger partial charge is 0.411 e. The first-order chi connectivity index (χ1) is 15.6. The zero-order valence-electron chi connectivity index (χ0n) is 18.9. The van der Waals surface area contributed by atoms with E-state index in [9.17, 15) is 19.5 Å². The predicted octanol–water partition coefficient (Wildman–Crippen LogP) is 1.90. The number of quaternary nitrogens is 1. The van der Waals surface area contributed by atoms with Crippen LogP contribution in [0.2, 0.25) is 0 Å². The first-order valence-corrected chi connectivity index (χ1v) is 10.3. The maximum Gasteiger partial charge on any atom is 0.411 e. The van der Waals surface area contributed by atoms with Gasteiger partial charge in [0.05, 0.1) is 27.1 Å². The van der Waals surface area contributed by atoms with Crippen LogP contribution in [0.15, 0.2) is 72.6 Å². The summed E-state index contributed by atoms with van der Waals surface area (Å²) >= 11 is 0. The van der Waals surface area contributed by atoms with Crippen molar-refractivity contribution in [3.05, 3.63) is 83.7 Å². The van der Waals surface area contributed by atoms with Crippen LogP contribution in [0, 0.1) is 0 Å². The lowest BCUT2D eigenvalue weighted by Crippen LogP contribution is -2.55. The van der Waals surface area contributed by atoms with Gasteiger partial charge in [0, 0.05) is 18.3 Å². The van der Waals surface area contributed by atoms with Crippen molar-refractivity contribution in [1.82, 2.24) is 10.6 Å². The summed E-state index contributed by atoms with van der Waals surface area (Å²) in [7, 11) is 5.06. The van der Waals surface area contributed by atoms with E-state index in [0.717, 1.165) is 11.1 Å². The summed E-state index contributed by atoms with van der Waals surface area (Å²) in [5.74, 6) is -1.29. The summed E-state index contributed by atoms with van der Waals surface area (Å²) in [6.45, 7) is 0.0920. The summed E-state index contributed by atoms with van der Waals surface area (Å²) in [6, 6.07) is 17.2. The Kier molecular flexibility index (Phi) is 9.44. The van der Waals surface area contributed by atoms with Crippen molar-refractivity contribution < 1.29 is 33.4 Å². The van der Waals surface area contributed by atoms with Gasteiger partial charge in [0.2, 0.25) is 0 Å².